The Morgan fingerprint density at radius 3 is 2.82 bits per heavy atom. The molecule has 0 saturated carbocycles. The van der Waals surface area contributed by atoms with Crippen molar-refractivity contribution in [3.8, 4) is 0 Å². The summed E-state index contributed by atoms with van der Waals surface area (Å²) in [5.41, 5.74) is 0.863. The highest BCUT2D eigenvalue weighted by Gasteiger charge is 2.15. The van der Waals surface area contributed by atoms with Crippen LogP contribution in [0, 0.1) is 0 Å². The van der Waals surface area contributed by atoms with E-state index in [2.05, 4.69) is 10.3 Å². The van der Waals surface area contributed by atoms with Crippen molar-refractivity contribution in [1.29, 1.82) is 0 Å². The Balaban J connectivity index is 2.07. The van der Waals surface area contributed by atoms with E-state index >= 15 is 0 Å². The lowest BCUT2D eigenvalue weighted by Crippen LogP contribution is -2.35. The zero-order valence-corrected chi connectivity index (χ0v) is 14.0. The van der Waals surface area contributed by atoms with Crippen LogP contribution in [0.1, 0.15) is 12.0 Å². The van der Waals surface area contributed by atoms with Gasteiger partial charge in [-0.15, -0.1) is 11.3 Å². The third-order valence-corrected chi connectivity index (χ3v) is 4.30. The summed E-state index contributed by atoms with van der Waals surface area (Å²) >= 11 is 13.2. The lowest BCUT2D eigenvalue weighted by Gasteiger charge is -2.22. The van der Waals surface area contributed by atoms with E-state index in [1.54, 1.807) is 28.6 Å². The molecule has 8 heteroatoms. The SMILES string of the molecule is O=C(Nc1nccs1)N(CCCO)Cc1ccc(Cl)c(Cl)c1. The molecule has 1 heterocycles. The number of halogens is 2. The van der Waals surface area contributed by atoms with Crippen LogP contribution in [0.5, 0.6) is 0 Å². The summed E-state index contributed by atoms with van der Waals surface area (Å²) in [5, 5.41) is 15.0. The number of nitrogens with one attached hydrogen (secondary N) is 1. The van der Waals surface area contributed by atoms with Gasteiger partial charge in [-0.1, -0.05) is 29.3 Å². The zero-order valence-electron chi connectivity index (χ0n) is 11.6. The predicted molar refractivity (Wildman–Crippen MR) is 89.7 cm³/mol. The van der Waals surface area contributed by atoms with Gasteiger partial charge in [-0.05, 0) is 24.1 Å². The number of urea groups is 1. The van der Waals surface area contributed by atoms with Gasteiger partial charge in [0.25, 0.3) is 0 Å². The van der Waals surface area contributed by atoms with Crippen LogP contribution in [0.15, 0.2) is 29.8 Å². The summed E-state index contributed by atoms with van der Waals surface area (Å²) in [5.74, 6) is 0. The number of nitrogens with zero attached hydrogens (tertiary/aromatic N) is 2. The molecule has 0 aliphatic carbocycles. The van der Waals surface area contributed by atoms with Crippen LogP contribution in [-0.4, -0.2) is 34.2 Å². The number of carbonyl (C=O) groups excluding carboxylic acids is 1. The molecule has 0 bridgehead atoms. The van der Waals surface area contributed by atoms with Crippen LogP contribution in [0.2, 0.25) is 10.0 Å². The van der Waals surface area contributed by atoms with Crippen molar-refractivity contribution in [3.63, 3.8) is 0 Å². The summed E-state index contributed by atoms with van der Waals surface area (Å²) in [6.45, 7) is 0.810. The van der Waals surface area contributed by atoms with Crippen LogP contribution in [0.4, 0.5) is 9.93 Å². The Bertz CT molecular complexity index is 623. The number of benzene rings is 1. The predicted octanol–water partition coefficient (Wildman–Crippen LogP) is 3.87. The number of rotatable bonds is 6. The molecule has 1 aromatic heterocycles. The largest absolute Gasteiger partial charge is 0.396 e. The number of amides is 2. The molecule has 0 aliphatic heterocycles. The van der Waals surface area contributed by atoms with Gasteiger partial charge in [-0.25, -0.2) is 9.78 Å². The third-order valence-electron chi connectivity index (χ3n) is 2.88. The van der Waals surface area contributed by atoms with Gasteiger partial charge in [0, 0.05) is 31.3 Å². The number of hydrogen-bond donors (Lipinski definition) is 2. The minimum Gasteiger partial charge on any atom is -0.396 e. The molecule has 0 radical (unpaired) electrons. The maximum absolute atomic E-state index is 12.3. The standard InChI is InChI=1S/C14H15Cl2N3O2S/c15-11-3-2-10(8-12(11)16)9-19(5-1-6-20)14(21)18-13-17-4-7-22-13/h2-4,7-8,20H,1,5-6,9H2,(H,17,18,21). The minimum absolute atomic E-state index is 0.0163. The van der Waals surface area contributed by atoms with Crippen LogP contribution in [-0.2, 0) is 6.54 Å². The molecule has 1 aromatic carbocycles. The molecule has 118 valence electrons. The Morgan fingerprint density at radius 2 is 2.18 bits per heavy atom. The van der Waals surface area contributed by atoms with Gasteiger partial charge >= 0.3 is 6.03 Å². The molecule has 2 amide bonds. The van der Waals surface area contributed by atoms with Crippen molar-refractivity contribution in [1.82, 2.24) is 9.88 Å². The lowest BCUT2D eigenvalue weighted by atomic mass is 10.2. The van der Waals surface area contributed by atoms with Crippen molar-refractivity contribution < 1.29 is 9.90 Å². The maximum atomic E-state index is 12.3. The molecule has 2 rings (SSSR count). The molecule has 0 fully saturated rings. The van der Waals surface area contributed by atoms with Gasteiger partial charge in [0.05, 0.1) is 10.0 Å². The number of aliphatic hydroxyl groups is 1. The van der Waals surface area contributed by atoms with Gasteiger partial charge < -0.3 is 10.0 Å². The van der Waals surface area contributed by atoms with Crippen LogP contribution in [0.25, 0.3) is 0 Å². The number of carbonyl (C=O) groups is 1. The molecule has 2 aromatic rings. The Labute approximate surface area is 142 Å². The average Bonchev–Trinajstić information content (AvgIpc) is 3.00. The number of anilines is 1. The molecule has 22 heavy (non-hydrogen) atoms. The molecular weight excluding hydrogens is 345 g/mol. The maximum Gasteiger partial charge on any atom is 0.323 e. The van der Waals surface area contributed by atoms with Crippen LogP contribution >= 0.6 is 34.5 Å². The summed E-state index contributed by atoms with van der Waals surface area (Å²) in [7, 11) is 0. The van der Waals surface area contributed by atoms with Gasteiger partial charge in [0.15, 0.2) is 5.13 Å². The first-order valence-corrected chi connectivity index (χ1v) is 8.24. The monoisotopic (exact) mass is 359 g/mol. The first-order valence-electron chi connectivity index (χ1n) is 6.60. The fourth-order valence-corrected chi connectivity index (χ4v) is 2.67. The summed E-state index contributed by atoms with van der Waals surface area (Å²) in [4.78, 5) is 17.9. The smallest absolute Gasteiger partial charge is 0.323 e. The van der Waals surface area contributed by atoms with Crippen molar-refractivity contribution in [2.24, 2.45) is 0 Å². The summed E-state index contributed by atoms with van der Waals surface area (Å²) in [6, 6.07) is 4.97. The molecular formula is C14H15Cl2N3O2S. The highest BCUT2D eigenvalue weighted by molar-refractivity contribution is 7.13. The molecule has 2 N–H and O–H groups in total. The second-order valence-electron chi connectivity index (χ2n) is 4.51. The van der Waals surface area contributed by atoms with E-state index in [0.29, 0.717) is 34.7 Å². The molecule has 0 atom stereocenters. The number of aliphatic hydroxyl groups excluding tert-OH is 1. The lowest BCUT2D eigenvalue weighted by molar-refractivity contribution is 0.199. The van der Waals surface area contributed by atoms with E-state index in [9.17, 15) is 4.79 Å². The molecule has 0 unspecified atom stereocenters. The zero-order chi connectivity index (χ0) is 15.9. The highest BCUT2D eigenvalue weighted by atomic mass is 35.5. The van der Waals surface area contributed by atoms with Crippen LogP contribution in [0.3, 0.4) is 0 Å². The third kappa shape index (κ3) is 4.84. The van der Waals surface area contributed by atoms with Crippen molar-refractivity contribution in [2.75, 3.05) is 18.5 Å². The van der Waals surface area contributed by atoms with Crippen molar-refractivity contribution in [2.45, 2.75) is 13.0 Å². The van der Waals surface area contributed by atoms with Gasteiger partial charge in [-0.2, -0.15) is 0 Å². The van der Waals surface area contributed by atoms with Crippen LogP contribution < -0.4 is 5.32 Å². The van der Waals surface area contributed by atoms with Gasteiger partial charge in [-0.3, -0.25) is 5.32 Å². The Hall–Kier alpha value is -1.34. The van der Waals surface area contributed by atoms with E-state index in [4.69, 9.17) is 28.3 Å². The number of hydrogen-bond acceptors (Lipinski definition) is 4. The average molecular weight is 360 g/mol. The molecule has 5 nitrogen and oxygen atoms in total. The van der Waals surface area contributed by atoms with E-state index in [1.165, 1.54) is 11.3 Å². The topological polar surface area (TPSA) is 65.5 Å². The molecule has 0 saturated heterocycles. The van der Waals surface area contributed by atoms with E-state index in [0.717, 1.165) is 5.56 Å². The minimum atomic E-state index is -0.269. The molecule has 0 spiro atoms. The number of aromatic nitrogens is 1. The van der Waals surface area contributed by atoms with Crippen molar-refractivity contribution in [3.05, 3.63) is 45.4 Å². The van der Waals surface area contributed by atoms with Gasteiger partial charge in [0.2, 0.25) is 0 Å². The van der Waals surface area contributed by atoms with E-state index in [1.807, 2.05) is 6.07 Å². The second-order valence-corrected chi connectivity index (χ2v) is 6.22. The van der Waals surface area contributed by atoms with E-state index < -0.39 is 0 Å². The Morgan fingerprint density at radius 1 is 1.36 bits per heavy atom. The first kappa shape index (κ1) is 17.0. The highest BCUT2D eigenvalue weighted by Crippen LogP contribution is 2.23. The quantitative estimate of drug-likeness (QED) is 0.822. The normalized spacial score (nSPS) is 10.5. The fourth-order valence-electron chi connectivity index (χ4n) is 1.83. The summed E-state index contributed by atoms with van der Waals surface area (Å²) < 4.78 is 0. The second kappa shape index (κ2) is 8.33. The van der Waals surface area contributed by atoms with Crippen molar-refractivity contribution >= 4 is 45.7 Å². The Kier molecular flexibility index (Phi) is 6.45. The van der Waals surface area contributed by atoms with E-state index in [-0.39, 0.29) is 12.6 Å². The summed E-state index contributed by atoms with van der Waals surface area (Å²) in [6.07, 6.45) is 2.12. The first-order chi connectivity index (χ1) is 10.6. The fraction of sp³-hybridized carbons (Fsp3) is 0.286. The number of thiazole rings is 1. The molecule has 0 aliphatic rings. The van der Waals surface area contributed by atoms with Gasteiger partial charge in [0.1, 0.15) is 0 Å².